The van der Waals surface area contributed by atoms with Gasteiger partial charge in [-0.25, -0.2) is 4.98 Å². The Kier molecular flexibility index (Phi) is 2.78. The second-order valence-corrected chi connectivity index (χ2v) is 4.94. The van der Waals surface area contributed by atoms with Crippen molar-refractivity contribution < 1.29 is 13.2 Å². The zero-order chi connectivity index (χ0) is 13.6. The minimum atomic E-state index is -4.42. The van der Waals surface area contributed by atoms with E-state index < -0.39 is 12.0 Å². The maximum Gasteiger partial charge on any atom is 0.449 e. The first kappa shape index (κ1) is 12.5. The molecule has 102 valence electrons. The summed E-state index contributed by atoms with van der Waals surface area (Å²) in [7, 11) is 0. The highest BCUT2D eigenvalue weighted by molar-refractivity contribution is 5.77. The van der Waals surface area contributed by atoms with Gasteiger partial charge in [0.1, 0.15) is 0 Å². The van der Waals surface area contributed by atoms with Crippen LogP contribution in [0.5, 0.6) is 0 Å². The predicted molar refractivity (Wildman–Crippen MR) is 66.0 cm³/mol. The number of hydrogen-bond acceptors (Lipinski definition) is 2. The smallest absolute Gasteiger partial charge is 0.316 e. The predicted octanol–water partition coefficient (Wildman–Crippen LogP) is 2.90. The summed E-state index contributed by atoms with van der Waals surface area (Å²) >= 11 is 0. The molecular weight excluding hydrogens is 255 g/mol. The highest BCUT2D eigenvalue weighted by Gasteiger charge is 2.39. The van der Waals surface area contributed by atoms with Gasteiger partial charge in [0.25, 0.3) is 0 Å². The minimum Gasteiger partial charge on any atom is -0.316 e. The molecule has 0 spiro atoms. The molecule has 1 aromatic carbocycles. The first-order valence-corrected chi connectivity index (χ1v) is 6.23. The summed E-state index contributed by atoms with van der Waals surface area (Å²) in [4.78, 5) is 3.78. The van der Waals surface area contributed by atoms with Gasteiger partial charge in [-0.05, 0) is 37.6 Å². The van der Waals surface area contributed by atoms with Crippen LogP contribution in [0.3, 0.4) is 0 Å². The second kappa shape index (κ2) is 4.23. The van der Waals surface area contributed by atoms with Crippen molar-refractivity contribution in [2.24, 2.45) is 0 Å². The quantitative estimate of drug-likeness (QED) is 0.862. The topological polar surface area (TPSA) is 29.9 Å². The number of aromatic nitrogens is 2. The van der Waals surface area contributed by atoms with E-state index in [9.17, 15) is 13.2 Å². The third-order valence-corrected chi connectivity index (χ3v) is 3.50. The molecule has 1 saturated heterocycles. The summed E-state index contributed by atoms with van der Waals surface area (Å²) in [5, 5.41) is 3.10. The molecule has 1 atom stereocenters. The van der Waals surface area contributed by atoms with Gasteiger partial charge in [-0.3, -0.25) is 0 Å². The van der Waals surface area contributed by atoms with Gasteiger partial charge in [0, 0.05) is 12.6 Å². The van der Waals surface area contributed by atoms with Crippen molar-refractivity contribution in [3.05, 3.63) is 29.6 Å². The van der Waals surface area contributed by atoms with Gasteiger partial charge in [0.05, 0.1) is 11.0 Å². The molecule has 2 heterocycles. The molecule has 1 aliphatic rings. The summed E-state index contributed by atoms with van der Waals surface area (Å²) in [5.74, 6) is -0.790. The molecule has 2 aromatic rings. The summed E-state index contributed by atoms with van der Waals surface area (Å²) in [5.41, 5.74) is 1.92. The molecule has 1 aromatic heterocycles. The van der Waals surface area contributed by atoms with E-state index in [2.05, 4.69) is 10.3 Å². The molecular formula is C13H14F3N3. The third-order valence-electron chi connectivity index (χ3n) is 3.50. The van der Waals surface area contributed by atoms with Gasteiger partial charge < -0.3 is 9.88 Å². The molecule has 0 saturated carbocycles. The summed E-state index contributed by atoms with van der Waals surface area (Å²) in [6, 6.07) is 5.03. The molecule has 0 aliphatic carbocycles. The molecule has 3 nitrogen and oxygen atoms in total. The molecule has 1 N–H and O–H groups in total. The maximum atomic E-state index is 13.1. The molecule has 19 heavy (non-hydrogen) atoms. The van der Waals surface area contributed by atoms with Crippen LogP contribution in [0, 0.1) is 6.92 Å². The van der Waals surface area contributed by atoms with Crippen molar-refractivity contribution in [3.8, 4) is 0 Å². The summed E-state index contributed by atoms with van der Waals surface area (Å²) < 4.78 is 40.8. The van der Waals surface area contributed by atoms with Crippen LogP contribution in [-0.4, -0.2) is 22.6 Å². The lowest BCUT2D eigenvalue weighted by molar-refractivity contribution is -0.147. The Morgan fingerprint density at radius 2 is 2.16 bits per heavy atom. The van der Waals surface area contributed by atoms with Gasteiger partial charge in [-0.15, -0.1) is 0 Å². The fourth-order valence-electron chi connectivity index (χ4n) is 2.63. The van der Waals surface area contributed by atoms with E-state index >= 15 is 0 Å². The molecule has 0 radical (unpaired) electrons. The Hall–Kier alpha value is -1.56. The number of fused-ring (bicyclic) bond motifs is 1. The van der Waals surface area contributed by atoms with Gasteiger partial charge >= 0.3 is 6.18 Å². The number of rotatable bonds is 1. The van der Waals surface area contributed by atoms with E-state index in [0.717, 1.165) is 12.1 Å². The van der Waals surface area contributed by atoms with Crippen molar-refractivity contribution in [1.29, 1.82) is 0 Å². The number of alkyl halides is 3. The van der Waals surface area contributed by atoms with Crippen molar-refractivity contribution in [3.63, 3.8) is 0 Å². The fraction of sp³-hybridized carbons (Fsp3) is 0.462. The molecule has 3 rings (SSSR count). The van der Waals surface area contributed by atoms with Crippen LogP contribution < -0.4 is 5.32 Å². The molecule has 1 unspecified atom stereocenters. The van der Waals surface area contributed by atoms with E-state index in [0.29, 0.717) is 24.0 Å². The molecule has 1 aliphatic heterocycles. The van der Waals surface area contributed by atoms with Crippen LogP contribution in [0.4, 0.5) is 13.2 Å². The molecule has 6 heteroatoms. The zero-order valence-electron chi connectivity index (χ0n) is 10.5. The zero-order valence-corrected chi connectivity index (χ0v) is 10.5. The van der Waals surface area contributed by atoms with E-state index in [4.69, 9.17) is 0 Å². The minimum absolute atomic E-state index is 0.177. The number of nitrogens with zero attached hydrogens (tertiary/aromatic N) is 2. The standard InChI is InChI=1S/C13H14F3N3/c1-8-2-3-10-11(6-8)19(9-4-5-17-7-9)12(18-10)13(14,15)16/h2-3,6,9,17H,4-5,7H2,1H3. The first-order chi connectivity index (χ1) is 8.97. The van der Waals surface area contributed by atoms with Gasteiger partial charge in [0.15, 0.2) is 0 Å². The normalized spacial score (nSPS) is 20.3. The lowest BCUT2D eigenvalue weighted by atomic mass is 10.2. The van der Waals surface area contributed by atoms with Crippen molar-refractivity contribution >= 4 is 11.0 Å². The highest BCUT2D eigenvalue weighted by atomic mass is 19.4. The lowest BCUT2D eigenvalue weighted by Gasteiger charge is -2.17. The van der Waals surface area contributed by atoms with E-state index in [1.165, 1.54) is 4.57 Å². The van der Waals surface area contributed by atoms with Gasteiger partial charge in [-0.2, -0.15) is 13.2 Å². The molecule has 0 bridgehead atoms. The van der Waals surface area contributed by atoms with Crippen molar-refractivity contribution in [2.45, 2.75) is 25.6 Å². The number of nitrogens with one attached hydrogen (secondary N) is 1. The van der Waals surface area contributed by atoms with Crippen LogP contribution in [0.2, 0.25) is 0 Å². The van der Waals surface area contributed by atoms with Crippen LogP contribution in [0.15, 0.2) is 18.2 Å². The Labute approximate surface area is 108 Å². The van der Waals surface area contributed by atoms with Gasteiger partial charge in [0.2, 0.25) is 5.82 Å². The number of imidazole rings is 1. The van der Waals surface area contributed by atoms with Crippen LogP contribution in [0.1, 0.15) is 23.9 Å². The Bertz CT molecular complexity index is 609. The Morgan fingerprint density at radius 3 is 2.79 bits per heavy atom. The van der Waals surface area contributed by atoms with Crippen LogP contribution >= 0.6 is 0 Å². The van der Waals surface area contributed by atoms with E-state index in [-0.39, 0.29) is 6.04 Å². The molecule has 0 amide bonds. The first-order valence-electron chi connectivity index (χ1n) is 6.23. The van der Waals surface area contributed by atoms with Crippen molar-refractivity contribution in [2.75, 3.05) is 13.1 Å². The van der Waals surface area contributed by atoms with E-state index in [1.54, 1.807) is 18.2 Å². The number of halogens is 3. The largest absolute Gasteiger partial charge is 0.449 e. The monoisotopic (exact) mass is 269 g/mol. The number of hydrogen-bond donors (Lipinski definition) is 1. The Balaban J connectivity index is 2.26. The second-order valence-electron chi connectivity index (χ2n) is 4.94. The molecule has 1 fully saturated rings. The average Bonchev–Trinajstić information content (AvgIpc) is 2.92. The number of aryl methyl sites for hydroxylation is 1. The summed E-state index contributed by atoms with van der Waals surface area (Å²) in [6.07, 6.45) is -3.72. The fourth-order valence-corrected chi connectivity index (χ4v) is 2.63. The van der Waals surface area contributed by atoms with Gasteiger partial charge in [-0.1, -0.05) is 6.07 Å². The van der Waals surface area contributed by atoms with Crippen molar-refractivity contribution in [1.82, 2.24) is 14.9 Å². The maximum absolute atomic E-state index is 13.1. The summed E-state index contributed by atoms with van der Waals surface area (Å²) in [6.45, 7) is 3.17. The van der Waals surface area contributed by atoms with E-state index in [1.807, 2.05) is 6.92 Å². The number of benzene rings is 1. The highest BCUT2D eigenvalue weighted by Crippen LogP contribution is 2.35. The Morgan fingerprint density at radius 1 is 1.37 bits per heavy atom. The van der Waals surface area contributed by atoms with Crippen LogP contribution in [-0.2, 0) is 6.18 Å². The lowest BCUT2D eigenvalue weighted by Crippen LogP contribution is -2.21. The third kappa shape index (κ3) is 2.10. The SMILES string of the molecule is Cc1ccc2nc(C(F)(F)F)n(C3CCNC3)c2c1. The average molecular weight is 269 g/mol. The van der Waals surface area contributed by atoms with Crippen LogP contribution in [0.25, 0.3) is 11.0 Å².